The average Bonchev–Trinajstić information content (AvgIpc) is 3.04. The van der Waals surface area contributed by atoms with E-state index in [4.69, 9.17) is 0 Å². The number of fused-ring (bicyclic) bond motifs is 1. The summed E-state index contributed by atoms with van der Waals surface area (Å²) >= 11 is 0. The number of likely N-dealkylation sites (N-methyl/N-ethyl adjacent to an activating group) is 1. The number of likely N-dealkylation sites (tertiary alicyclic amines) is 1. The molecule has 2 unspecified atom stereocenters. The molecule has 4 rings (SSSR count). The molecule has 1 aromatic carbocycles. The molecule has 2 aliphatic rings. The number of aromatic nitrogens is 2. The maximum atomic E-state index is 10.3. The SMILES string of the molecule is CCc1cccc(O)c1-c1ccc(N2CCC3CCN(C)CC32)nn1. The van der Waals surface area contributed by atoms with Crippen LogP contribution in [0.1, 0.15) is 25.3 Å². The van der Waals surface area contributed by atoms with Crippen molar-refractivity contribution < 1.29 is 5.11 Å². The Morgan fingerprint density at radius 1 is 1.12 bits per heavy atom. The van der Waals surface area contributed by atoms with E-state index in [1.807, 2.05) is 18.2 Å². The Morgan fingerprint density at radius 3 is 2.72 bits per heavy atom. The van der Waals surface area contributed by atoms with E-state index < -0.39 is 0 Å². The summed E-state index contributed by atoms with van der Waals surface area (Å²) in [4.78, 5) is 4.83. The molecule has 0 amide bonds. The lowest BCUT2D eigenvalue weighted by atomic mass is 9.92. The number of anilines is 1. The molecule has 0 saturated carbocycles. The summed E-state index contributed by atoms with van der Waals surface area (Å²) in [7, 11) is 2.20. The van der Waals surface area contributed by atoms with Crippen molar-refractivity contribution in [2.24, 2.45) is 5.92 Å². The van der Waals surface area contributed by atoms with Crippen LogP contribution in [0, 0.1) is 5.92 Å². The Kier molecular flexibility index (Phi) is 4.34. The first-order valence-electron chi connectivity index (χ1n) is 9.27. The van der Waals surface area contributed by atoms with Crippen molar-refractivity contribution in [1.29, 1.82) is 0 Å². The van der Waals surface area contributed by atoms with Gasteiger partial charge in [0.15, 0.2) is 5.82 Å². The summed E-state index contributed by atoms with van der Waals surface area (Å²) < 4.78 is 0. The molecule has 1 aromatic heterocycles. The highest BCUT2D eigenvalue weighted by Crippen LogP contribution is 2.35. The molecule has 0 aliphatic carbocycles. The molecular weight excluding hydrogens is 312 g/mol. The minimum Gasteiger partial charge on any atom is -0.507 e. The second-order valence-electron chi connectivity index (χ2n) is 7.30. The van der Waals surface area contributed by atoms with Crippen molar-refractivity contribution in [2.45, 2.75) is 32.2 Å². The zero-order valence-electron chi connectivity index (χ0n) is 15.0. The molecule has 2 aromatic rings. The van der Waals surface area contributed by atoms with Crippen LogP contribution in [0.2, 0.25) is 0 Å². The van der Waals surface area contributed by atoms with Gasteiger partial charge >= 0.3 is 0 Å². The summed E-state index contributed by atoms with van der Waals surface area (Å²) in [5, 5.41) is 19.2. The van der Waals surface area contributed by atoms with Gasteiger partial charge in [0.1, 0.15) is 5.75 Å². The number of phenols is 1. The maximum absolute atomic E-state index is 10.3. The van der Waals surface area contributed by atoms with E-state index in [1.165, 1.54) is 19.4 Å². The van der Waals surface area contributed by atoms with E-state index in [-0.39, 0.29) is 5.75 Å². The number of aryl methyl sites for hydroxylation is 1. The monoisotopic (exact) mass is 338 g/mol. The van der Waals surface area contributed by atoms with Crippen LogP contribution < -0.4 is 4.90 Å². The first-order valence-corrected chi connectivity index (χ1v) is 9.27. The van der Waals surface area contributed by atoms with E-state index in [2.05, 4.69) is 40.0 Å². The van der Waals surface area contributed by atoms with E-state index in [1.54, 1.807) is 6.07 Å². The molecular formula is C20H26N4O. The number of rotatable bonds is 3. The molecule has 2 saturated heterocycles. The molecule has 132 valence electrons. The minimum absolute atomic E-state index is 0.275. The lowest BCUT2D eigenvalue weighted by Crippen LogP contribution is -2.47. The number of piperidine rings is 1. The van der Waals surface area contributed by atoms with Gasteiger partial charge < -0.3 is 14.9 Å². The molecule has 0 spiro atoms. The summed E-state index contributed by atoms with van der Waals surface area (Å²) in [6, 6.07) is 10.2. The molecule has 0 radical (unpaired) electrons. The van der Waals surface area contributed by atoms with Crippen molar-refractivity contribution in [3.05, 3.63) is 35.9 Å². The molecule has 5 nitrogen and oxygen atoms in total. The van der Waals surface area contributed by atoms with Crippen molar-refractivity contribution >= 4 is 5.82 Å². The van der Waals surface area contributed by atoms with Crippen LogP contribution in [0.4, 0.5) is 5.82 Å². The molecule has 2 atom stereocenters. The van der Waals surface area contributed by atoms with Gasteiger partial charge in [0.2, 0.25) is 0 Å². The van der Waals surface area contributed by atoms with E-state index in [9.17, 15) is 5.11 Å². The molecule has 3 heterocycles. The largest absolute Gasteiger partial charge is 0.507 e. The fourth-order valence-corrected chi connectivity index (χ4v) is 4.37. The number of hydrogen-bond acceptors (Lipinski definition) is 5. The van der Waals surface area contributed by atoms with Gasteiger partial charge in [-0.1, -0.05) is 19.1 Å². The standard InChI is InChI=1S/C20H26N4O/c1-3-14-5-4-6-18(25)20(14)16-7-8-19(22-21-16)24-12-10-15-9-11-23(2)13-17(15)24/h4-8,15,17,25H,3,9-13H2,1-2H3. The first-order chi connectivity index (χ1) is 12.2. The van der Waals surface area contributed by atoms with Gasteiger partial charge in [0.05, 0.1) is 5.69 Å². The van der Waals surface area contributed by atoms with Crippen LogP contribution in [0.3, 0.4) is 0 Å². The van der Waals surface area contributed by atoms with E-state index in [0.717, 1.165) is 48.1 Å². The molecule has 5 heteroatoms. The van der Waals surface area contributed by atoms with Gasteiger partial charge in [-0.25, -0.2) is 0 Å². The van der Waals surface area contributed by atoms with Crippen LogP contribution in [-0.4, -0.2) is 52.9 Å². The second-order valence-corrected chi connectivity index (χ2v) is 7.30. The van der Waals surface area contributed by atoms with Crippen molar-refractivity contribution in [3.8, 4) is 17.0 Å². The number of benzene rings is 1. The Bertz CT molecular complexity index is 746. The highest BCUT2D eigenvalue weighted by Gasteiger charge is 2.38. The van der Waals surface area contributed by atoms with E-state index in [0.29, 0.717) is 6.04 Å². The van der Waals surface area contributed by atoms with Crippen molar-refractivity contribution in [3.63, 3.8) is 0 Å². The molecule has 1 N–H and O–H groups in total. The smallest absolute Gasteiger partial charge is 0.151 e. The normalized spacial score (nSPS) is 23.7. The lowest BCUT2D eigenvalue weighted by molar-refractivity contribution is 0.207. The van der Waals surface area contributed by atoms with Crippen LogP contribution in [0.25, 0.3) is 11.3 Å². The zero-order chi connectivity index (χ0) is 17.4. The number of nitrogens with zero attached hydrogens (tertiary/aromatic N) is 4. The van der Waals surface area contributed by atoms with Crippen LogP contribution in [0.5, 0.6) is 5.75 Å². The first kappa shape index (κ1) is 16.3. The summed E-state index contributed by atoms with van der Waals surface area (Å²) in [5.41, 5.74) is 2.65. The number of hydrogen-bond donors (Lipinski definition) is 1. The Balaban J connectivity index is 1.61. The van der Waals surface area contributed by atoms with Crippen LogP contribution in [0.15, 0.2) is 30.3 Å². The van der Waals surface area contributed by atoms with Gasteiger partial charge in [-0.15, -0.1) is 10.2 Å². The maximum Gasteiger partial charge on any atom is 0.151 e. The molecule has 2 fully saturated rings. The fraction of sp³-hybridized carbons (Fsp3) is 0.500. The lowest BCUT2D eigenvalue weighted by Gasteiger charge is -2.36. The zero-order valence-corrected chi connectivity index (χ0v) is 15.0. The van der Waals surface area contributed by atoms with Gasteiger partial charge in [-0.05, 0) is 62.5 Å². The van der Waals surface area contributed by atoms with Gasteiger partial charge in [-0.2, -0.15) is 0 Å². The average molecular weight is 338 g/mol. The Labute approximate surface area is 149 Å². The van der Waals surface area contributed by atoms with Crippen molar-refractivity contribution in [2.75, 3.05) is 31.6 Å². The predicted molar refractivity (Wildman–Crippen MR) is 99.9 cm³/mol. The third-order valence-corrected chi connectivity index (χ3v) is 5.78. The Morgan fingerprint density at radius 2 is 1.96 bits per heavy atom. The van der Waals surface area contributed by atoms with Crippen LogP contribution >= 0.6 is 0 Å². The molecule has 2 aliphatic heterocycles. The number of phenolic OH excluding ortho intramolecular Hbond substituents is 1. The van der Waals surface area contributed by atoms with E-state index >= 15 is 0 Å². The van der Waals surface area contributed by atoms with Gasteiger partial charge in [0.25, 0.3) is 0 Å². The highest BCUT2D eigenvalue weighted by atomic mass is 16.3. The quantitative estimate of drug-likeness (QED) is 0.932. The topological polar surface area (TPSA) is 52.5 Å². The minimum atomic E-state index is 0.275. The fourth-order valence-electron chi connectivity index (χ4n) is 4.37. The van der Waals surface area contributed by atoms with Crippen molar-refractivity contribution in [1.82, 2.24) is 15.1 Å². The molecule has 0 bridgehead atoms. The summed E-state index contributed by atoms with van der Waals surface area (Å²) in [6.45, 7) is 5.46. The summed E-state index contributed by atoms with van der Waals surface area (Å²) in [6.07, 6.45) is 3.39. The predicted octanol–water partition coefficient (Wildman–Crippen LogP) is 2.94. The number of aromatic hydroxyl groups is 1. The van der Waals surface area contributed by atoms with Gasteiger partial charge in [-0.3, -0.25) is 0 Å². The summed E-state index contributed by atoms with van der Waals surface area (Å²) in [5.74, 6) is 2.01. The third-order valence-electron chi connectivity index (χ3n) is 5.78. The third kappa shape index (κ3) is 2.97. The second kappa shape index (κ2) is 6.64. The highest BCUT2D eigenvalue weighted by molar-refractivity contribution is 5.71. The van der Waals surface area contributed by atoms with Crippen LogP contribution in [-0.2, 0) is 6.42 Å². The molecule has 25 heavy (non-hydrogen) atoms. The van der Waals surface area contributed by atoms with Gasteiger partial charge in [0, 0.05) is 24.7 Å². The Hall–Kier alpha value is -2.14.